The molecule has 2 amide bonds. The molecule has 0 spiro atoms. The summed E-state index contributed by atoms with van der Waals surface area (Å²) in [7, 11) is 0. The van der Waals surface area contributed by atoms with E-state index >= 15 is 0 Å². The zero-order valence-corrected chi connectivity index (χ0v) is 10.8. The number of aliphatic carboxylic acids is 1. The molecule has 1 saturated carbocycles. The van der Waals surface area contributed by atoms with E-state index in [2.05, 4.69) is 10.6 Å². The smallest absolute Gasteiger partial charge is 0.319 e. The molecule has 0 heterocycles. The maximum Gasteiger partial charge on any atom is 0.319 e. The number of carbonyl (C=O) groups is 2. The van der Waals surface area contributed by atoms with Crippen LogP contribution in [0.1, 0.15) is 24.8 Å². The Labute approximate surface area is 112 Å². The molecule has 5 heteroatoms. The third-order valence-electron chi connectivity index (χ3n) is 3.46. The van der Waals surface area contributed by atoms with Gasteiger partial charge in [0.2, 0.25) is 0 Å². The Balaban J connectivity index is 1.90. The number of hydrogen-bond acceptors (Lipinski definition) is 2. The maximum atomic E-state index is 11.8. The molecule has 102 valence electrons. The van der Waals surface area contributed by atoms with Crippen LogP contribution in [0.5, 0.6) is 0 Å². The minimum atomic E-state index is -0.835. The van der Waals surface area contributed by atoms with Crippen LogP contribution in [0, 0.1) is 12.8 Å². The van der Waals surface area contributed by atoms with Crippen molar-refractivity contribution >= 4 is 17.7 Å². The monoisotopic (exact) mass is 262 g/mol. The molecule has 3 N–H and O–H groups in total. The topological polar surface area (TPSA) is 78.4 Å². The number of carbonyl (C=O) groups excluding carboxylic acids is 1. The molecule has 0 aromatic heterocycles. The molecule has 1 aliphatic carbocycles. The summed E-state index contributed by atoms with van der Waals surface area (Å²) in [5.74, 6) is -1.30. The predicted octanol–water partition coefficient (Wildman–Crippen LogP) is 2.37. The number of anilines is 1. The number of nitrogens with one attached hydrogen (secondary N) is 2. The van der Waals surface area contributed by atoms with E-state index in [1.807, 2.05) is 31.2 Å². The lowest BCUT2D eigenvalue weighted by Crippen LogP contribution is -2.42. The fraction of sp³-hybridized carbons (Fsp3) is 0.429. The predicted molar refractivity (Wildman–Crippen MR) is 72.1 cm³/mol. The normalized spacial score (nSPS) is 21.9. The van der Waals surface area contributed by atoms with Crippen LogP contribution in [0.2, 0.25) is 0 Å². The van der Waals surface area contributed by atoms with Crippen molar-refractivity contribution < 1.29 is 14.7 Å². The third kappa shape index (κ3) is 3.47. The first kappa shape index (κ1) is 13.4. The lowest BCUT2D eigenvalue weighted by Gasteiger charge is -2.18. The number of benzene rings is 1. The zero-order valence-electron chi connectivity index (χ0n) is 10.8. The third-order valence-corrected chi connectivity index (χ3v) is 3.46. The van der Waals surface area contributed by atoms with Gasteiger partial charge in [-0.05, 0) is 31.9 Å². The first-order chi connectivity index (χ1) is 9.06. The van der Waals surface area contributed by atoms with E-state index in [4.69, 9.17) is 5.11 Å². The van der Waals surface area contributed by atoms with E-state index in [-0.39, 0.29) is 12.1 Å². The fourth-order valence-electron chi connectivity index (χ4n) is 2.40. The van der Waals surface area contributed by atoms with Gasteiger partial charge in [-0.2, -0.15) is 0 Å². The van der Waals surface area contributed by atoms with Gasteiger partial charge < -0.3 is 15.7 Å². The highest BCUT2D eigenvalue weighted by atomic mass is 16.4. The summed E-state index contributed by atoms with van der Waals surface area (Å²) < 4.78 is 0. The number of hydrogen-bond donors (Lipinski definition) is 3. The molecular formula is C14H18N2O3. The lowest BCUT2D eigenvalue weighted by atomic mass is 10.0. The Kier molecular flexibility index (Phi) is 4.04. The number of carboxylic acids is 1. The molecule has 1 aromatic carbocycles. The van der Waals surface area contributed by atoms with Crippen LogP contribution in [-0.2, 0) is 4.79 Å². The average molecular weight is 262 g/mol. The highest BCUT2D eigenvalue weighted by Crippen LogP contribution is 2.25. The van der Waals surface area contributed by atoms with Crippen LogP contribution in [0.15, 0.2) is 24.3 Å². The molecule has 1 aliphatic rings. The van der Waals surface area contributed by atoms with Crippen molar-refractivity contribution in [1.29, 1.82) is 0 Å². The summed E-state index contributed by atoms with van der Waals surface area (Å²) in [5.41, 5.74) is 1.82. The first-order valence-corrected chi connectivity index (χ1v) is 6.43. The molecule has 0 radical (unpaired) electrons. The maximum absolute atomic E-state index is 11.8. The van der Waals surface area contributed by atoms with Crippen molar-refractivity contribution in [3.8, 4) is 0 Å². The van der Waals surface area contributed by atoms with Gasteiger partial charge in [0.1, 0.15) is 0 Å². The van der Waals surface area contributed by atoms with Crippen molar-refractivity contribution in [2.75, 3.05) is 5.32 Å². The molecule has 1 fully saturated rings. The molecule has 1 aromatic rings. The highest BCUT2D eigenvalue weighted by molar-refractivity contribution is 5.89. The van der Waals surface area contributed by atoms with Crippen LogP contribution in [-0.4, -0.2) is 23.1 Å². The van der Waals surface area contributed by atoms with Crippen LogP contribution in [0.4, 0.5) is 10.5 Å². The van der Waals surface area contributed by atoms with Gasteiger partial charge in [0.15, 0.2) is 0 Å². The largest absolute Gasteiger partial charge is 0.481 e. The number of rotatable bonds is 3. The lowest BCUT2D eigenvalue weighted by molar-refractivity contribution is -0.142. The van der Waals surface area contributed by atoms with Gasteiger partial charge >= 0.3 is 12.0 Å². The van der Waals surface area contributed by atoms with Crippen molar-refractivity contribution in [3.63, 3.8) is 0 Å². The Morgan fingerprint density at radius 1 is 1.21 bits per heavy atom. The Morgan fingerprint density at radius 2 is 1.89 bits per heavy atom. The number of carboxylic acid groups (broad SMARTS) is 1. The summed E-state index contributed by atoms with van der Waals surface area (Å²) in [6, 6.07) is 6.83. The van der Waals surface area contributed by atoms with Gasteiger partial charge in [-0.15, -0.1) is 0 Å². The van der Waals surface area contributed by atoms with Crippen molar-refractivity contribution in [2.24, 2.45) is 5.92 Å². The standard InChI is InChI=1S/C14H18N2O3/c1-9-5-7-10(8-6-9)15-14(19)16-12-4-2-3-11(12)13(17)18/h5-8,11-12H,2-4H2,1H3,(H,17,18)(H2,15,16,19). The molecule has 0 saturated heterocycles. The van der Waals surface area contributed by atoms with E-state index in [0.29, 0.717) is 12.1 Å². The zero-order chi connectivity index (χ0) is 13.8. The molecule has 2 unspecified atom stereocenters. The second-order valence-corrected chi connectivity index (χ2v) is 4.95. The minimum Gasteiger partial charge on any atom is -0.481 e. The first-order valence-electron chi connectivity index (χ1n) is 6.43. The Hall–Kier alpha value is -2.04. The molecule has 19 heavy (non-hydrogen) atoms. The molecule has 2 rings (SSSR count). The summed E-state index contributed by atoms with van der Waals surface area (Å²) in [4.78, 5) is 22.8. The summed E-state index contributed by atoms with van der Waals surface area (Å²) in [6.45, 7) is 1.97. The highest BCUT2D eigenvalue weighted by Gasteiger charge is 2.33. The SMILES string of the molecule is Cc1ccc(NC(=O)NC2CCCC2C(=O)O)cc1. The minimum absolute atomic E-state index is 0.275. The second kappa shape index (κ2) is 5.73. The van der Waals surface area contributed by atoms with Gasteiger partial charge in [-0.3, -0.25) is 4.79 Å². The second-order valence-electron chi connectivity index (χ2n) is 4.95. The van der Waals surface area contributed by atoms with Gasteiger partial charge in [-0.1, -0.05) is 24.1 Å². The van der Waals surface area contributed by atoms with Gasteiger partial charge in [0, 0.05) is 11.7 Å². The summed E-state index contributed by atoms with van der Waals surface area (Å²) in [5, 5.41) is 14.5. The number of aryl methyl sites for hydroxylation is 1. The quantitative estimate of drug-likeness (QED) is 0.782. The van der Waals surface area contributed by atoms with E-state index in [1.165, 1.54) is 0 Å². The fourth-order valence-corrected chi connectivity index (χ4v) is 2.40. The van der Waals surface area contributed by atoms with Gasteiger partial charge in [0.05, 0.1) is 5.92 Å². The van der Waals surface area contributed by atoms with E-state index < -0.39 is 11.9 Å². The molecular weight excluding hydrogens is 244 g/mol. The molecule has 5 nitrogen and oxygen atoms in total. The molecule has 0 bridgehead atoms. The van der Waals surface area contributed by atoms with Gasteiger partial charge in [0.25, 0.3) is 0 Å². The van der Waals surface area contributed by atoms with E-state index in [0.717, 1.165) is 18.4 Å². The summed E-state index contributed by atoms with van der Waals surface area (Å²) >= 11 is 0. The average Bonchev–Trinajstić information content (AvgIpc) is 2.80. The van der Waals surface area contributed by atoms with Crippen molar-refractivity contribution in [3.05, 3.63) is 29.8 Å². The Bertz CT molecular complexity index is 470. The number of urea groups is 1. The van der Waals surface area contributed by atoms with Crippen LogP contribution < -0.4 is 10.6 Å². The molecule has 0 aliphatic heterocycles. The van der Waals surface area contributed by atoms with Crippen LogP contribution >= 0.6 is 0 Å². The van der Waals surface area contributed by atoms with Crippen LogP contribution in [0.25, 0.3) is 0 Å². The molecule has 2 atom stereocenters. The Morgan fingerprint density at radius 3 is 2.53 bits per heavy atom. The number of amides is 2. The van der Waals surface area contributed by atoms with E-state index in [1.54, 1.807) is 0 Å². The van der Waals surface area contributed by atoms with Crippen molar-refractivity contribution in [1.82, 2.24) is 5.32 Å². The van der Waals surface area contributed by atoms with Crippen LogP contribution in [0.3, 0.4) is 0 Å². The van der Waals surface area contributed by atoms with Crippen molar-refractivity contribution in [2.45, 2.75) is 32.2 Å². The summed E-state index contributed by atoms with van der Waals surface area (Å²) in [6.07, 6.45) is 2.19. The van der Waals surface area contributed by atoms with Gasteiger partial charge in [-0.25, -0.2) is 4.79 Å². The van der Waals surface area contributed by atoms with E-state index in [9.17, 15) is 9.59 Å².